The molecule has 0 bridgehead atoms. The Labute approximate surface area is 152 Å². The molecule has 3 aromatic rings. The smallest absolute Gasteiger partial charge is 0.233 e. The zero-order valence-corrected chi connectivity index (χ0v) is 15.4. The molecule has 1 amide bonds. The molecule has 0 aliphatic carbocycles. The number of hydrogen-bond donors (Lipinski definition) is 2. The summed E-state index contributed by atoms with van der Waals surface area (Å²) in [7, 11) is 0. The number of amides is 1. The highest BCUT2D eigenvalue weighted by atomic mass is 32.2. The van der Waals surface area contributed by atoms with Crippen molar-refractivity contribution >= 4 is 51.2 Å². The van der Waals surface area contributed by atoms with Crippen molar-refractivity contribution in [3.05, 3.63) is 52.7 Å². The number of aromatic nitrogens is 2. The van der Waals surface area contributed by atoms with Gasteiger partial charge in [-0.25, -0.2) is 0 Å². The van der Waals surface area contributed by atoms with Gasteiger partial charge in [-0.05, 0) is 30.5 Å². The van der Waals surface area contributed by atoms with Crippen LogP contribution in [0.2, 0.25) is 0 Å². The maximum absolute atomic E-state index is 12.2. The lowest BCUT2D eigenvalue weighted by Crippen LogP contribution is -2.30. The van der Waals surface area contributed by atoms with Gasteiger partial charge in [-0.3, -0.25) is 4.79 Å². The third-order valence-corrected chi connectivity index (χ3v) is 5.99. The maximum atomic E-state index is 12.2. The number of hydrogen-bond acceptors (Lipinski definition) is 7. The maximum Gasteiger partial charge on any atom is 0.233 e. The lowest BCUT2D eigenvalue weighted by Gasteiger charge is -2.09. The van der Waals surface area contributed by atoms with Crippen molar-refractivity contribution in [2.45, 2.75) is 23.1 Å². The molecule has 0 fully saturated rings. The van der Waals surface area contributed by atoms with Crippen molar-refractivity contribution in [2.24, 2.45) is 0 Å². The predicted octanol–water partition coefficient (Wildman–Crippen LogP) is 4.14. The van der Waals surface area contributed by atoms with Crippen LogP contribution in [0.1, 0.15) is 11.8 Å². The normalized spacial score (nSPS) is 11.9. The van der Waals surface area contributed by atoms with E-state index in [-0.39, 0.29) is 11.2 Å². The molecule has 124 valence electrons. The standard InChI is InChI=1S/C16H16N4OS3/c1-11(14(21)17-10-13-8-5-9-22-13)23-16-20-19-15(24-16)18-12-6-3-2-4-7-12/h2-9,11H,10H2,1H3,(H,17,21)(H,18,19)/t11-/m0/s1. The van der Waals surface area contributed by atoms with E-state index in [1.165, 1.54) is 23.1 Å². The van der Waals surface area contributed by atoms with Gasteiger partial charge in [0.2, 0.25) is 11.0 Å². The van der Waals surface area contributed by atoms with E-state index in [4.69, 9.17) is 0 Å². The molecule has 2 N–H and O–H groups in total. The first-order valence-electron chi connectivity index (χ1n) is 7.33. The van der Waals surface area contributed by atoms with E-state index in [9.17, 15) is 4.79 Å². The molecule has 1 aromatic carbocycles. The Morgan fingerprint density at radius 3 is 2.79 bits per heavy atom. The molecule has 1 atom stereocenters. The van der Waals surface area contributed by atoms with E-state index in [0.29, 0.717) is 6.54 Å². The van der Waals surface area contributed by atoms with Crippen molar-refractivity contribution in [1.82, 2.24) is 15.5 Å². The Morgan fingerprint density at radius 1 is 1.21 bits per heavy atom. The SMILES string of the molecule is C[C@H](Sc1nnc(Nc2ccccc2)s1)C(=O)NCc1cccs1. The van der Waals surface area contributed by atoms with Crippen LogP contribution < -0.4 is 10.6 Å². The number of nitrogens with one attached hydrogen (secondary N) is 2. The Kier molecular flexibility index (Phi) is 5.84. The van der Waals surface area contributed by atoms with Gasteiger partial charge in [-0.1, -0.05) is 47.4 Å². The highest BCUT2D eigenvalue weighted by Gasteiger charge is 2.17. The number of thioether (sulfide) groups is 1. The summed E-state index contributed by atoms with van der Waals surface area (Å²) in [6, 6.07) is 13.8. The quantitative estimate of drug-likeness (QED) is 0.607. The number of benzene rings is 1. The summed E-state index contributed by atoms with van der Waals surface area (Å²) >= 11 is 4.49. The van der Waals surface area contributed by atoms with Crippen LogP contribution in [0, 0.1) is 0 Å². The summed E-state index contributed by atoms with van der Waals surface area (Å²) in [6.07, 6.45) is 0. The molecule has 2 aromatic heterocycles. The van der Waals surface area contributed by atoms with E-state index >= 15 is 0 Å². The van der Waals surface area contributed by atoms with Crippen LogP contribution in [0.5, 0.6) is 0 Å². The monoisotopic (exact) mass is 376 g/mol. The summed E-state index contributed by atoms with van der Waals surface area (Å²) in [6.45, 7) is 2.44. The van der Waals surface area contributed by atoms with Crippen LogP contribution in [-0.4, -0.2) is 21.4 Å². The van der Waals surface area contributed by atoms with Crippen molar-refractivity contribution in [3.63, 3.8) is 0 Å². The molecule has 0 spiro atoms. The van der Waals surface area contributed by atoms with E-state index in [1.54, 1.807) is 11.3 Å². The Morgan fingerprint density at radius 2 is 2.04 bits per heavy atom. The minimum absolute atomic E-state index is 0.00108. The average molecular weight is 377 g/mol. The molecule has 8 heteroatoms. The third-order valence-electron chi connectivity index (χ3n) is 3.10. The number of anilines is 2. The van der Waals surface area contributed by atoms with E-state index < -0.39 is 0 Å². The number of carbonyl (C=O) groups is 1. The van der Waals surface area contributed by atoms with Gasteiger partial charge >= 0.3 is 0 Å². The largest absolute Gasteiger partial charge is 0.350 e. The molecule has 0 saturated carbocycles. The first-order chi connectivity index (χ1) is 11.7. The number of rotatable bonds is 7. The minimum Gasteiger partial charge on any atom is -0.350 e. The van der Waals surface area contributed by atoms with Gasteiger partial charge in [0, 0.05) is 10.6 Å². The van der Waals surface area contributed by atoms with Gasteiger partial charge < -0.3 is 10.6 Å². The number of nitrogens with zero attached hydrogens (tertiary/aromatic N) is 2. The highest BCUT2D eigenvalue weighted by molar-refractivity contribution is 8.02. The molecule has 5 nitrogen and oxygen atoms in total. The van der Waals surface area contributed by atoms with Crippen LogP contribution in [0.25, 0.3) is 0 Å². The molecule has 2 heterocycles. The fourth-order valence-electron chi connectivity index (χ4n) is 1.89. The van der Waals surface area contributed by atoms with Crippen LogP contribution in [-0.2, 0) is 11.3 Å². The molecule has 0 saturated heterocycles. The number of carbonyl (C=O) groups excluding carboxylic acids is 1. The van der Waals surface area contributed by atoms with Gasteiger partial charge in [0.25, 0.3) is 0 Å². The summed E-state index contributed by atoms with van der Waals surface area (Å²) in [4.78, 5) is 13.3. The summed E-state index contributed by atoms with van der Waals surface area (Å²) in [5, 5.41) is 16.9. The van der Waals surface area contributed by atoms with Gasteiger partial charge in [-0.15, -0.1) is 21.5 Å². The average Bonchev–Trinajstić information content (AvgIpc) is 3.25. The van der Waals surface area contributed by atoms with E-state index in [0.717, 1.165) is 20.0 Å². The molecule has 24 heavy (non-hydrogen) atoms. The summed E-state index contributed by atoms with van der Waals surface area (Å²) < 4.78 is 0.771. The van der Waals surface area contributed by atoms with Crippen molar-refractivity contribution in [3.8, 4) is 0 Å². The molecule has 0 radical (unpaired) electrons. The molecule has 3 rings (SSSR count). The third kappa shape index (κ3) is 4.80. The van der Waals surface area contributed by atoms with E-state index in [2.05, 4.69) is 20.8 Å². The van der Waals surface area contributed by atoms with Gasteiger partial charge in [-0.2, -0.15) is 0 Å². The first-order valence-corrected chi connectivity index (χ1v) is 9.90. The highest BCUT2D eigenvalue weighted by Crippen LogP contribution is 2.30. The number of thiophene rings is 1. The van der Waals surface area contributed by atoms with Crippen molar-refractivity contribution in [1.29, 1.82) is 0 Å². The second-order valence-corrected chi connectivity index (χ2v) is 8.52. The minimum atomic E-state index is -0.220. The van der Waals surface area contributed by atoms with Crippen LogP contribution >= 0.6 is 34.4 Å². The zero-order valence-electron chi connectivity index (χ0n) is 12.9. The second kappa shape index (κ2) is 8.27. The zero-order chi connectivity index (χ0) is 16.8. The van der Waals surface area contributed by atoms with Gasteiger partial charge in [0.1, 0.15) is 0 Å². The van der Waals surface area contributed by atoms with Gasteiger partial charge in [0.05, 0.1) is 11.8 Å². The molecule has 0 aliphatic rings. The Bertz CT molecular complexity index is 774. The summed E-state index contributed by atoms with van der Waals surface area (Å²) in [5.41, 5.74) is 0.965. The Hall–Kier alpha value is -1.90. The lowest BCUT2D eigenvalue weighted by atomic mass is 10.3. The van der Waals surface area contributed by atoms with Crippen LogP contribution in [0.3, 0.4) is 0 Å². The predicted molar refractivity (Wildman–Crippen MR) is 101 cm³/mol. The topological polar surface area (TPSA) is 66.9 Å². The van der Waals surface area contributed by atoms with Gasteiger partial charge in [0.15, 0.2) is 4.34 Å². The second-order valence-electron chi connectivity index (χ2n) is 4.92. The summed E-state index contributed by atoms with van der Waals surface area (Å²) in [5.74, 6) is 0.00108. The fraction of sp³-hybridized carbons (Fsp3) is 0.188. The lowest BCUT2D eigenvalue weighted by molar-refractivity contribution is -0.120. The van der Waals surface area contributed by atoms with Crippen LogP contribution in [0.15, 0.2) is 52.2 Å². The molecule has 0 aliphatic heterocycles. The molecule has 0 unspecified atom stereocenters. The van der Waals surface area contributed by atoms with Crippen molar-refractivity contribution < 1.29 is 4.79 Å². The molecular formula is C16H16N4OS3. The van der Waals surface area contributed by atoms with Crippen molar-refractivity contribution in [2.75, 3.05) is 5.32 Å². The first kappa shape index (κ1) is 16.9. The van der Waals surface area contributed by atoms with Crippen LogP contribution in [0.4, 0.5) is 10.8 Å². The van der Waals surface area contributed by atoms with E-state index in [1.807, 2.05) is 54.8 Å². The Balaban J connectivity index is 1.51. The number of para-hydroxylation sites is 1. The fourth-order valence-corrected chi connectivity index (χ4v) is 4.47. The molecular weight excluding hydrogens is 360 g/mol.